The highest BCUT2D eigenvalue weighted by atomic mass is 16.6. The van der Waals surface area contributed by atoms with Crippen LogP contribution in [0.1, 0.15) is 27.0 Å². The Morgan fingerprint density at radius 2 is 2.00 bits per heavy atom. The molecule has 0 aromatic heterocycles. The molecule has 2 aliphatic rings. The van der Waals surface area contributed by atoms with Gasteiger partial charge in [0.05, 0.1) is 18.8 Å². The minimum atomic E-state index is -0.308. The maximum absolute atomic E-state index is 12.2. The van der Waals surface area contributed by atoms with Crippen molar-refractivity contribution in [1.29, 1.82) is 0 Å². The highest BCUT2D eigenvalue weighted by molar-refractivity contribution is 6.13. The molecule has 0 radical (unpaired) electrons. The molecular formula is C24H26N4O3. The third-order valence-corrected chi connectivity index (χ3v) is 5.31. The lowest BCUT2D eigenvalue weighted by molar-refractivity contribution is 0.0951. The van der Waals surface area contributed by atoms with Crippen molar-refractivity contribution < 1.29 is 14.3 Å². The standard InChI is InChI=1S/C24H26N4O3/c1-27(2)12-11-25-23(29)18-6-3-17(4-7-18)5-10-22-21-15-20(9-8-19(21)16-26-22)28-13-14-31-24(28)30/h3-10,15H,11-14,16H2,1-2H3,(H,25,29)/b10-5+. The van der Waals surface area contributed by atoms with E-state index in [-0.39, 0.29) is 12.0 Å². The van der Waals surface area contributed by atoms with Crippen LogP contribution in [0.4, 0.5) is 10.5 Å². The molecule has 160 valence electrons. The zero-order valence-corrected chi connectivity index (χ0v) is 17.8. The predicted octanol–water partition coefficient (Wildman–Crippen LogP) is 2.95. The summed E-state index contributed by atoms with van der Waals surface area (Å²) in [6.45, 7) is 3.03. The van der Waals surface area contributed by atoms with E-state index in [4.69, 9.17) is 4.74 Å². The molecule has 0 aliphatic carbocycles. The first-order chi connectivity index (χ1) is 15.0. The second-order valence-corrected chi connectivity index (χ2v) is 7.82. The molecule has 0 spiro atoms. The van der Waals surface area contributed by atoms with Gasteiger partial charge in [-0.2, -0.15) is 0 Å². The molecule has 2 aliphatic heterocycles. The zero-order chi connectivity index (χ0) is 21.8. The predicted molar refractivity (Wildman–Crippen MR) is 122 cm³/mol. The lowest BCUT2D eigenvalue weighted by Crippen LogP contribution is -2.31. The molecule has 31 heavy (non-hydrogen) atoms. The van der Waals surface area contributed by atoms with E-state index < -0.39 is 0 Å². The molecule has 0 bridgehead atoms. The van der Waals surface area contributed by atoms with E-state index in [1.807, 2.05) is 73.6 Å². The third-order valence-electron chi connectivity index (χ3n) is 5.31. The Morgan fingerprint density at radius 1 is 1.19 bits per heavy atom. The van der Waals surface area contributed by atoms with Crippen LogP contribution < -0.4 is 10.2 Å². The van der Waals surface area contributed by atoms with Crippen LogP contribution in [0.15, 0.2) is 53.5 Å². The number of hydrogen-bond acceptors (Lipinski definition) is 5. The van der Waals surface area contributed by atoms with Crippen molar-refractivity contribution in [3.05, 3.63) is 70.8 Å². The van der Waals surface area contributed by atoms with Gasteiger partial charge in [0.1, 0.15) is 6.61 Å². The number of likely N-dealkylation sites (N-methyl/N-ethyl adjacent to an activating group) is 1. The first kappa shape index (κ1) is 20.8. The van der Waals surface area contributed by atoms with Crippen molar-refractivity contribution in [2.75, 3.05) is 45.2 Å². The summed E-state index contributed by atoms with van der Waals surface area (Å²) in [5, 5.41) is 2.91. The number of hydrogen-bond donors (Lipinski definition) is 1. The summed E-state index contributed by atoms with van der Waals surface area (Å²) in [4.78, 5) is 32.4. The third kappa shape index (κ3) is 4.83. The minimum absolute atomic E-state index is 0.0700. The lowest BCUT2D eigenvalue weighted by Gasteiger charge is -2.14. The number of carbonyl (C=O) groups is 2. The molecule has 7 nitrogen and oxygen atoms in total. The van der Waals surface area contributed by atoms with Crippen LogP contribution in [0.25, 0.3) is 6.08 Å². The van der Waals surface area contributed by atoms with Crippen molar-refractivity contribution in [1.82, 2.24) is 10.2 Å². The van der Waals surface area contributed by atoms with Crippen LogP contribution in [0, 0.1) is 0 Å². The number of fused-ring (bicyclic) bond motifs is 1. The fourth-order valence-corrected chi connectivity index (χ4v) is 3.55. The summed E-state index contributed by atoms with van der Waals surface area (Å²) in [6, 6.07) is 13.5. The smallest absolute Gasteiger partial charge is 0.414 e. The molecule has 2 aromatic carbocycles. The average Bonchev–Trinajstić information content (AvgIpc) is 3.37. The topological polar surface area (TPSA) is 74.2 Å². The van der Waals surface area contributed by atoms with E-state index in [2.05, 4.69) is 10.3 Å². The number of aliphatic imine (C=N–C) groups is 1. The van der Waals surface area contributed by atoms with E-state index in [9.17, 15) is 9.59 Å². The molecule has 1 saturated heterocycles. The van der Waals surface area contributed by atoms with Gasteiger partial charge in [0, 0.05) is 29.9 Å². The number of nitrogens with one attached hydrogen (secondary N) is 1. The number of carbonyl (C=O) groups excluding carboxylic acids is 2. The van der Waals surface area contributed by atoms with Gasteiger partial charge in [0.2, 0.25) is 0 Å². The van der Waals surface area contributed by atoms with Gasteiger partial charge < -0.3 is 15.0 Å². The molecular weight excluding hydrogens is 392 g/mol. The summed E-state index contributed by atoms with van der Waals surface area (Å²) in [6.07, 6.45) is 3.65. The molecule has 7 heteroatoms. The molecule has 2 amide bonds. The van der Waals surface area contributed by atoms with Gasteiger partial charge in [0.25, 0.3) is 5.91 Å². The van der Waals surface area contributed by atoms with Crippen LogP contribution in [-0.4, -0.2) is 62.9 Å². The van der Waals surface area contributed by atoms with Crippen LogP contribution in [0.2, 0.25) is 0 Å². The van der Waals surface area contributed by atoms with Gasteiger partial charge in [-0.25, -0.2) is 4.79 Å². The van der Waals surface area contributed by atoms with Crippen molar-refractivity contribution in [3.63, 3.8) is 0 Å². The second kappa shape index (κ2) is 9.14. The van der Waals surface area contributed by atoms with E-state index in [0.29, 0.717) is 31.8 Å². The SMILES string of the molecule is CN(C)CCNC(=O)c1ccc(/C=C/C2=NCc3ccc(N4CCOC4=O)cc32)cc1. The molecule has 0 unspecified atom stereocenters. The number of ether oxygens (including phenoxy) is 1. The van der Waals surface area contributed by atoms with Gasteiger partial charge in [0.15, 0.2) is 0 Å². The number of anilines is 1. The van der Waals surface area contributed by atoms with Crippen LogP contribution in [-0.2, 0) is 11.3 Å². The van der Waals surface area contributed by atoms with Crippen LogP contribution >= 0.6 is 0 Å². The summed E-state index contributed by atoms with van der Waals surface area (Å²) < 4.78 is 5.04. The number of amides is 2. The number of nitrogens with zero attached hydrogens (tertiary/aromatic N) is 3. The fourth-order valence-electron chi connectivity index (χ4n) is 3.55. The normalized spacial score (nSPS) is 15.4. The molecule has 0 saturated carbocycles. The minimum Gasteiger partial charge on any atom is -0.447 e. The summed E-state index contributed by atoms with van der Waals surface area (Å²) in [7, 11) is 3.95. The van der Waals surface area contributed by atoms with E-state index in [1.165, 1.54) is 0 Å². The van der Waals surface area contributed by atoms with Crippen molar-refractivity contribution >= 4 is 29.5 Å². The molecule has 1 fully saturated rings. The Hall–Kier alpha value is -3.45. The van der Waals surface area contributed by atoms with Gasteiger partial charge in [-0.15, -0.1) is 0 Å². The highest BCUT2D eigenvalue weighted by Gasteiger charge is 2.25. The lowest BCUT2D eigenvalue weighted by atomic mass is 10.0. The molecule has 1 N–H and O–H groups in total. The summed E-state index contributed by atoms with van der Waals surface area (Å²) >= 11 is 0. The number of cyclic esters (lactones) is 1. The Bertz CT molecular complexity index is 1040. The highest BCUT2D eigenvalue weighted by Crippen LogP contribution is 2.27. The Kier molecular flexibility index (Phi) is 6.13. The zero-order valence-electron chi connectivity index (χ0n) is 17.8. The monoisotopic (exact) mass is 418 g/mol. The van der Waals surface area contributed by atoms with Crippen molar-refractivity contribution in [2.24, 2.45) is 4.99 Å². The van der Waals surface area contributed by atoms with Crippen molar-refractivity contribution in [2.45, 2.75) is 6.54 Å². The molecule has 2 heterocycles. The van der Waals surface area contributed by atoms with E-state index in [1.54, 1.807) is 4.90 Å². The molecule has 0 atom stereocenters. The first-order valence-electron chi connectivity index (χ1n) is 10.3. The van der Waals surface area contributed by atoms with Gasteiger partial charge in [-0.1, -0.05) is 24.3 Å². The van der Waals surface area contributed by atoms with Gasteiger partial charge in [-0.05, 0) is 55.6 Å². The van der Waals surface area contributed by atoms with Gasteiger partial charge in [-0.3, -0.25) is 14.7 Å². The fraction of sp³-hybridized carbons (Fsp3) is 0.292. The van der Waals surface area contributed by atoms with Crippen LogP contribution in [0.5, 0.6) is 0 Å². The quantitative estimate of drug-likeness (QED) is 0.750. The Balaban J connectivity index is 1.42. The Labute approximate surface area is 182 Å². The summed E-state index contributed by atoms with van der Waals surface area (Å²) in [5.74, 6) is -0.0700. The maximum Gasteiger partial charge on any atom is 0.414 e. The Morgan fingerprint density at radius 3 is 2.71 bits per heavy atom. The first-order valence-corrected chi connectivity index (χ1v) is 10.3. The van der Waals surface area contributed by atoms with E-state index in [0.717, 1.165) is 34.6 Å². The van der Waals surface area contributed by atoms with Crippen LogP contribution in [0.3, 0.4) is 0 Å². The van der Waals surface area contributed by atoms with Crippen molar-refractivity contribution in [3.8, 4) is 0 Å². The van der Waals surface area contributed by atoms with E-state index >= 15 is 0 Å². The maximum atomic E-state index is 12.2. The second-order valence-electron chi connectivity index (χ2n) is 7.82. The average molecular weight is 418 g/mol. The number of benzene rings is 2. The largest absolute Gasteiger partial charge is 0.447 e. The van der Waals surface area contributed by atoms with Gasteiger partial charge >= 0.3 is 6.09 Å². The number of rotatable bonds is 7. The molecule has 2 aromatic rings. The number of allylic oxidation sites excluding steroid dienone is 1. The molecule has 4 rings (SSSR count). The summed E-state index contributed by atoms with van der Waals surface area (Å²) in [5.41, 5.74) is 5.51.